The first kappa shape index (κ1) is 21.8. The molecular weight excluding hydrogens is 422 g/mol. The molecule has 8 heteroatoms. The minimum Gasteiger partial charge on any atom is -0.350 e. The Hall–Kier alpha value is -2.90. The molecular formula is C22H22ClN3O3S. The molecule has 0 bridgehead atoms. The minimum atomic E-state index is -3.97. The zero-order valence-corrected chi connectivity index (χ0v) is 18.2. The van der Waals surface area contributed by atoms with Crippen molar-refractivity contribution in [2.24, 2.45) is 0 Å². The highest BCUT2D eigenvalue weighted by Gasteiger charge is 2.27. The molecule has 0 aliphatic heterocycles. The van der Waals surface area contributed by atoms with Gasteiger partial charge in [0.1, 0.15) is 6.54 Å². The van der Waals surface area contributed by atoms with Crippen LogP contribution in [0.1, 0.15) is 16.7 Å². The summed E-state index contributed by atoms with van der Waals surface area (Å²) in [5, 5.41) is 3.20. The van der Waals surface area contributed by atoms with E-state index >= 15 is 0 Å². The van der Waals surface area contributed by atoms with Crippen LogP contribution in [0, 0.1) is 13.8 Å². The molecule has 6 nitrogen and oxygen atoms in total. The zero-order chi connectivity index (χ0) is 21.7. The first-order valence-corrected chi connectivity index (χ1v) is 11.1. The van der Waals surface area contributed by atoms with Gasteiger partial charge in [-0.25, -0.2) is 8.42 Å². The van der Waals surface area contributed by atoms with Gasteiger partial charge in [0.25, 0.3) is 10.0 Å². The molecule has 0 atom stereocenters. The number of carbonyl (C=O) groups excluding carboxylic acids is 1. The number of rotatable bonds is 7. The third-order valence-electron chi connectivity index (χ3n) is 4.71. The Balaban J connectivity index is 1.90. The van der Waals surface area contributed by atoms with Crippen LogP contribution in [0.15, 0.2) is 71.9 Å². The SMILES string of the molecule is Cc1ccc(N(CC(=O)NCc2ccncc2)S(=O)(=O)c2ccc(Cl)cc2)cc1C. The Morgan fingerprint density at radius 3 is 2.30 bits per heavy atom. The molecule has 0 aliphatic carbocycles. The van der Waals surface area contributed by atoms with Crippen LogP contribution in [0.2, 0.25) is 5.02 Å². The van der Waals surface area contributed by atoms with Crippen molar-refractivity contribution in [3.63, 3.8) is 0 Å². The number of hydrogen-bond donors (Lipinski definition) is 1. The molecule has 0 unspecified atom stereocenters. The van der Waals surface area contributed by atoms with Gasteiger partial charge in [-0.15, -0.1) is 0 Å². The molecule has 0 saturated carbocycles. The van der Waals surface area contributed by atoms with Gasteiger partial charge in [0, 0.05) is 24.0 Å². The Morgan fingerprint density at radius 2 is 1.67 bits per heavy atom. The van der Waals surface area contributed by atoms with Crippen LogP contribution in [0.5, 0.6) is 0 Å². The average molecular weight is 444 g/mol. The van der Waals surface area contributed by atoms with Gasteiger partial charge < -0.3 is 5.32 Å². The number of aromatic nitrogens is 1. The van der Waals surface area contributed by atoms with Crippen LogP contribution in [-0.2, 0) is 21.4 Å². The second-order valence-electron chi connectivity index (χ2n) is 6.87. The highest BCUT2D eigenvalue weighted by atomic mass is 35.5. The van der Waals surface area contributed by atoms with Gasteiger partial charge in [0.2, 0.25) is 5.91 Å². The van der Waals surface area contributed by atoms with E-state index in [1.165, 1.54) is 24.3 Å². The Bertz CT molecular complexity index is 1130. The quantitative estimate of drug-likeness (QED) is 0.601. The molecule has 0 fully saturated rings. The van der Waals surface area contributed by atoms with Crippen molar-refractivity contribution in [1.29, 1.82) is 0 Å². The maximum absolute atomic E-state index is 13.3. The molecule has 1 N–H and O–H groups in total. The van der Waals surface area contributed by atoms with E-state index in [-0.39, 0.29) is 18.0 Å². The van der Waals surface area contributed by atoms with Crippen LogP contribution in [0.4, 0.5) is 5.69 Å². The fourth-order valence-electron chi connectivity index (χ4n) is 2.82. The van der Waals surface area contributed by atoms with Crippen LogP contribution < -0.4 is 9.62 Å². The van der Waals surface area contributed by atoms with Gasteiger partial charge in [-0.3, -0.25) is 14.1 Å². The molecule has 3 aromatic rings. The number of nitrogens with zero attached hydrogens (tertiary/aromatic N) is 2. The second-order valence-corrected chi connectivity index (χ2v) is 9.17. The predicted octanol–water partition coefficient (Wildman–Crippen LogP) is 3.86. The minimum absolute atomic E-state index is 0.0621. The highest BCUT2D eigenvalue weighted by molar-refractivity contribution is 7.92. The maximum atomic E-state index is 13.3. The zero-order valence-electron chi connectivity index (χ0n) is 16.7. The molecule has 30 heavy (non-hydrogen) atoms. The Kier molecular flexibility index (Phi) is 6.74. The highest BCUT2D eigenvalue weighted by Crippen LogP contribution is 2.26. The number of sulfonamides is 1. The van der Waals surface area contributed by atoms with Crippen LogP contribution in [-0.4, -0.2) is 25.9 Å². The van der Waals surface area contributed by atoms with E-state index in [0.717, 1.165) is 21.0 Å². The van der Waals surface area contributed by atoms with Crippen molar-refractivity contribution in [2.45, 2.75) is 25.3 Å². The van der Waals surface area contributed by atoms with Gasteiger partial charge in [0.05, 0.1) is 10.6 Å². The van der Waals surface area contributed by atoms with E-state index in [9.17, 15) is 13.2 Å². The first-order valence-electron chi connectivity index (χ1n) is 9.28. The van der Waals surface area contributed by atoms with Crippen LogP contribution in [0.25, 0.3) is 0 Å². The molecule has 1 amide bonds. The van der Waals surface area contributed by atoms with Crippen molar-refractivity contribution in [3.05, 3.63) is 88.7 Å². The lowest BCUT2D eigenvalue weighted by molar-refractivity contribution is -0.119. The largest absolute Gasteiger partial charge is 0.350 e. The molecule has 1 heterocycles. The van der Waals surface area contributed by atoms with E-state index in [4.69, 9.17) is 11.6 Å². The third kappa shape index (κ3) is 5.17. The van der Waals surface area contributed by atoms with E-state index < -0.39 is 15.9 Å². The fraction of sp³-hybridized carbons (Fsp3) is 0.182. The van der Waals surface area contributed by atoms with E-state index in [2.05, 4.69) is 10.3 Å². The van der Waals surface area contributed by atoms with Crippen molar-refractivity contribution in [1.82, 2.24) is 10.3 Å². The molecule has 2 aromatic carbocycles. The summed E-state index contributed by atoms with van der Waals surface area (Å²) < 4.78 is 27.8. The molecule has 0 spiro atoms. The van der Waals surface area contributed by atoms with Gasteiger partial charge in [-0.2, -0.15) is 0 Å². The molecule has 3 rings (SSSR count). The number of nitrogens with one attached hydrogen (secondary N) is 1. The van der Waals surface area contributed by atoms with Gasteiger partial charge in [-0.1, -0.05) is 17.7 Å². The van der Waals surface area contributed by atoms with Gasteiger partial charge in [-0.05, 0) is 79.1 Å². The molecule has 0 saturated heterocycles. The fourth-order valence-corrected chi connectivity index (χ4v) is 4.36. The van der Waals surface area contributed by atoms with Crippen molar-refractivity contribution in [3.8, 4) is 0 Å². The number of aryl methyl sites for hydroxylation is 2. The predicted molar refractivity (Wildman–Crippen MR) is 118 cm³/mol. The second kappa shape index (κ2) is 9.28. The molecule has 1 aromatic heterocycles. The molecule has 156 valence electrons. The van der Waals surface area contributed by atoms with E-state index in [1.807, 2.05) is 19.9 Å². The number of amides is 1. The Labute approximate surface area is 181 Å². The summed E-state index contributed by atoms with van der Waals surface area (Å²) >= 11 is 5.90. The van der Waals surface area contributed by atoms with Gasteiger partial charge in [0.15, 0.2) is 0 Å². The van der Waals surface area contributed by atoms with Crippen molar-refractivity contribution < 1.29 is 13.2 Å². The smallest absolute Gasteiger partial charge is 0.264 e. The molecule has 0 aliphatic rings. The molecule has 0 radical (unpaired) electrons. The van der Waals surface area contributed by atoms with E-state index in [0.29, 0.717) is 10.7 Å². The number of benzene rings is 2. The summed E-state index contributed by atoms with van der Waals surface area (Å²) in [5.74, 6) is -0.414. The monoisotopic (exact) mass is 443 g/mol. The third-order valence-corrected chi connectivity index (χ3v) is 6.75. The summed E-state index contributed by atoms with van der Waals surface area (Å²) in [7, 11) is -3.97. The standard InChI is InChI=1S/C22H22ClN3O3S/c1-16-3-6-20(13-17(16)2)26(30(28,29)21-7-4-19(23)5-8-21)15-22(27)25-14-18-9-11-24-12-10-18/h3-13H,14-15H2,1-2H3,(H,25,27). The number of pyridine rings is 1. The summed E-state index contributed by atoms with van der Waals surface area (Å²) in [6.45, 7) is 3.77. The van der Waals surface area contributed by atoms with Crippen LogP contribution in [0.3, 0.4) is 0 Å². The summed E-state index contributed by atoms with van der Waals surface area (Å²) in [5.41, 5.74) is 3.26. The first-order chi connectivity index (χ1) is 14.3. The van der Waals surface area contributed by atoms with Gasteiger partial charge >= 0.3 is 0 Å². The topological polar surface area (TPSA) is 79.4 Å². The van der Waals surface area contributed by atoms with Crippen LogP contribution >= 0.6 is 11.6 Å². The number of halogens is 1. The number of carbonyl (C=O) groups is 1. The lowest BCUT2D eigenvalue weighted by Gasteiger charge is -2.25. The average Bonchev–Trinajstić information content (AvgIpc) is 2.73. The summed E-state index contributed by atoms with van der Waals surface area (Å²) in [4.78, 5) is 16.6. The number of hydrogen-bond acceptors (Lipinski definition) is 4. The summed E-state index contributed by atoms with van der Waals surface area (Å²) in [6, 6.07) is 14.8. The Morgan fingerprint density at radius 1 is 1.00 bits per heavy atom. The maximum Gasteiger partial charge on any atom is 0.264 e. The van der Waals surface area contributed by atoms with E-state index in [1.54, 1.807) is 36.7 Å². The van der Waals surface area contributed by atoms with Crippen molar-refractivity contribution >= 4 is 33.2 Å². The lowest BCUT2D eigenvalue weighted by Crippen LogP contribution is -2.40. The number of anilines is 1. The lowest BCUT2D eigenvalue weighted by atomic mass is 10.1. The normalized spacial score (nSPS) is 11.2. The van der Waals surface area contributed by atoms with Crippen molar-refractivity contribution in [2.75, 3.05) is 10.8 Å². The summed E-state index contributed by atoms with van der Waals surface area (Å²) in [6.07, 6.45) is 3.27.